The molecule has 0 bridgehead atoms. The van der Waals surface area contributed by atoms with Crippen LogP contribution < -0.4 is 10.5 Å². The van der Waals surface area contributed by atoms with Gasteiger partial charge in [-0.05, 0) is 43.7 Å². The minimum absolute atomic E-state index is 0.0206. The van der Waals surface area contributed by atoms with Gasteiger partial charge in [-0.2, -0.15) is 0 Å². The van der Waals surface area contributed by atoms with Gasteiger partial charge in [0, 0.05) is 11.8 Å². The van der Waals surface area contributed by atoms with E-state index in [-0.39, 0.29) is 6.61 Å². The molecule has 0 amide bonds. The first-order valence-electron chi connectivity index (χ1n) is 7.25. The Bertz CT molecular complexity index is 824. The Kier molecular flexibility index (Phi) is 3.73. The smallest absolute Gasteiger partial charge is 0.139 e. The Balaban J connectivity index is 2.21. The lowest BCUT2D eigenvalue weighted by molar-refractivity contribution is 0.282. The normalized spacial score (nSPS) is 11.0. The summed E-state index contributed by atoms with van der Waals surface area (Å²) in [5.41, 5.74) is 10.5. The highest BCUT2D eigenvalue weighted by atomic mass is 16.5. The van der Waals surface area contributed by atoms with Crippen LogP contribution in [0.25, 0.3) is 16.9 Å². The Hall–Kier alpha value is -2.53. The molecule has 0 aliphatic heterocycles. The second-order valence-electron chi connectivity index (χ2n) is 5.20. The van der Waals surface area contributed by atoms with Crippen molar-refractivity contribution in [3.05, 3.63) is 47.7 Å². The van der Waals surface area contributed by atoms with Crippen LogP contribution in [0.5, 0.6) is 5.75 Å². The number of benzene rings is 1. The fraction of sp³-hybridized carbons (Fsp3) is 0.235. The maximum Gasteiger partial charge on any atom is 0.139 e. The topological polar surface area (TPSA) is 72.8 Å². The molecule has 114 valence electrons. The van der Waals surface area contributed by atoms with E-state index < -0.39 is 0 Å². The number of aryl methyl sites for hydroxylation is 1. The fourth-order valence-electron chi connectivity index (χ4n) is 2.51. The Labute approximate surface area is 129 Å². The molecule has 22 heavy (non-hydrogen) atoms. The number of nitrogens with zero attached hydrogens (tertiary/aromatic N) is 2. The molecule has 0 radical (unpaired) electrons. The van der Waals surface area contributed by atoms with Gasteiger partial charge in [0.1, 0.15) is 22.9 Å². The van der Waals surface area contributed by atoms with Crippen molar-refractivity contribution < 1.29 is 9.84 Å². The molecule has 5 nitrogen and oxygen atoms in total. The van der Waals surface area contributed by atoms with Crippen LogP contribution in [0.1, 0.15) is 18.1 Å². The fourth-order valence-corrected chi connectivity index (χ4v) is 2.51. The van der Waals surface area contributed by atoms with Crippen molar-refractivity contribution in [2.24, 2.45) is 0 Å². The maximum absolute atomic E-state index is 9.25. The van der Waals surface area contributed by atoms with Crippen molar-refractivity contribution in [2.45, 2.75) is 20.5 Å². The molecule has 0 fully saturated rings. The van der Waals surface area contributed by atoms with Gasteiger partial charge in [-0.1, -0.05) is 11.6 Å². The van der Waals surface area contributed by atoms with Crippen molar-refractivity contribution in [2.75, 3.05) is 12.3 Å². The third-order valence-corrected chi connectivity index (χ3v) is 3.60. The Morgan fingerprint density at radius 2 is 2.09 bits per heavy atom. The van der Waals surface area contributed by atoms with Gasteiger partial charge in [-0.25, -0.2) is 4.98 Å². The van der Waals surface area contributed by atoms with E-state index >= 15 is 0 Å². The number of rotatable bonds is 4. The van der Waals surface area contributed by atoms with E-state index in [1.807, 2.05) is 54.8 Å². The number of anilines is 1. The van der Waals surface area contributed by atoms with E-state index in [1.165, 1.54) is 0 Å². The zero-order valence-electron chi connectivity index (χ0n) is 12.7. The van der Waals surface area contributed by atoms with Gasteiger partial charge in [0.05, 0.1) is 13.2 Å². The number of aliphatic hydroxyl groups is 1. The minimum Gasteiger partial charge on any atom is -0.493 e. The lowest BCUT2D eigenvalue weighted by atomic mass is 10.1. The number of pyridine rings is 1. The Morgan fingerprint density at radius 1 is 1.27 bits per heavy atom. The van der Waals surface area contributed by atoms with Crippen LogP contribution in [0.15, 0.2) is 36.5 Å². The highest BCUT2D eigenvalue weighted by molar-refractivity contribution is 5.79. The van der Waals surface area contributed by atoms with E-state index in [0.29, 0.717) is 23.8 Å². The van der Waals surface area contributed by atoms with E-state index in [4.69, 9.17) is 10.5 Å². The van der Waals surface area contributed by atoms with Crippen molar-refractivity contribution in [1.82, 2.24) is 9.38 Å². The summed E-state index contributed by atoms with van der Waals surface area (Å²) >= 11 is 0. The van der Waals surface area contributed by atoms with Crippen LogP contribution in [-0.2, 0) is 6.61 Å². The third kappa shape index (κ3) is 2.40. The second-order valence-corrected chi connectivity index (χ2v) is 5.20. The van der Waals surface area contributed by atoms with Crippen LogP contribution >= 0.6 is 0 Å². The number of nitrogen functional groups attached to an aromatic ring is 1. The highest BCUT2D eigenvalue weighted by Crippen LogP contribution is 2.34. The number of imidazole rings is 1. The number of nitrogens with two attached hydrogens (primary N) is 1. The lowest BCUT2D eigenvalue weighted by Gasteiger charge is -2.10. The zero-order valence-corrected chi connectivity index (χ0v) is 12.7. The zero-order chi connectivity index (χ0) is 15.7. The number of hydrogen-bond donors (Lipinski definition) is 2. The van der Waals surface area contributed by atoms with Crippen LogP contribution in [0.3, 0.4) is 0 Å². The van der Waals surface area contributed by atoms with Crippen LogP contribution in [-0.4, -0.2) is 21.1 Å². The molecular weight excluding hydrogens is 278 g/mol. The first-order valence-corrected chi connectivity index (χ1v) is 7.25. The average Bonchev–Trinajstić information content (AvgIpc) is 2.85. The molecule has 5 heteroatoms. The van der Waals surface area contributed by atoms with Crippen molar-refractivity contribution in [3.8, 4) is 17.0 Å². The molecule has 0 aliphatic rings. The van der Waals surface area contributed by atoms with Crippen LogP contribution in [0.2, 0.25) is 0 Å². The molecular formula is C17H19N3O2. The first-order chi connectivity index (χ1) is 10.6. The molecule has 0 spiro atoms. The van der Waals surface area contributed by atoms with Crippen molar-refractivity contribution in [1.29, 1.82) is 0 Å². The average molecular weight is 297 g/mol. The summed E-state index contributed by atoms with van der Waals surface area (Å²) in [5, 5.41) is 9.25. The summed E-state index contributed by atoms with van der Waals surface area (Å²) in [5.74, 6) is 1.33. The lowest BCUT2D eigenvalue weighted by Crippen LogP contribution is -1.98. The molecule has 1 aromatic carbocycles. The van der Waals surface area contributed by atoms with Gasteiger partial charge in [0.15, 0.2) is 0 Å². The Morgan fingerprint density at radius 3 is 2.82 bits per heavy atom. The molecule has 3 rings (SSSR count). The van der Waals surface area contributed by atoms with E-state index in [0.717, 1.165) is 22.4 Å². The summed E-state index contributed by atoms with van der Waals surface area (Å²) in [7, 11) is 0. The molecule has 0 saturated carbocycles. The van der Waals surface area contributed by atoms with Crippen LogP contribution in [0, 0.1) is 6.92 Å². The number of aliphatic hydroxyl groups excluding tert-OH is 1. The summed E-state index contributed by atoms with van der Waals surface area (Å²) in [4.78, 5) is 4.62. The van der Waals surface area contributed by atoms with Crippen LogP contribution in [0.4, 0.5) is 5.82 Å². The monoisotopic (exact) mass is 297 g/mol. The quantitative estimate of drug-likeness (QED) is 0.776. The van der Waals surface area contributed by atoms with Gasteiger partial charge < -0.3 is 15.6 Å². The number of fused-ring (bicyclic) bond motifs is 1. The summed E-state index contributed by atoms with van der Waals surface area (Å²) in [6, 6.07) is 9.63. The molecule has 0 atom stereocenters. The van der Waals surface area contributed by atoms with Gasteiger partial charge in [-0.15, -0.1) is 0 Å². The standard InChI is InChI=1S/C17H19N3O2/c1-3-22-14-5-4-11(2)8-13(14)16-17(18)20-7-6-12(10-21)9-15(20)19-16/h4-9,21H,3,10,18H2,1-2H3. The molecule has 0 aliphatic carbocycles. The number of hydrogen-bond acceptors (Lipinski definition) is 4. The SMILES string of the molecule is CCOc1ccc(C)cc1-c1nc2cc(CO)ccn2c1N. The molecule has 0 saturated heterocycles. The first kappa shape index (κ1) is 14.4. The third-order valence-electron chi connectivity index (χ3n) is 3.60. The van der Waals surface area contributed by atoms with Crippen molar-refractivity contribution in [3.63, 3.8) is 0 Å². The molecule has 2 heterocycles. The summed E-state index contributed by atoms with van der Waals surface area (Å²) < 4.78 is 7.51. The second kappa shape index (κ2) is 5.69. The number of aromatic nitrogens is 2. The van der Waals surface area contributed by atoms with Gasteiger partial charge in [0.25, 0.3) is 0 Å². The largest absolute Gasteiger partial charge is 0.493 e. The predicted molar refractivity (Wildman–Crippen MR) is 86.9 cm³/mol. The highest BCUT2D eigenvalue weighted by Gasteiger charge is 2.16. The van der Waals surface area contributed by atoms with E-state index in [1.54, 1.807) is 0 Å². The van der Waals surface area contributed by atoms with Gasteiger partial charge in [0.2, 0.25) is 0 Å². The summed E-state index contributed by atoms with van der Waals surface area (Å²) in [6.07, 6.45) is 1.82. The van der Waals surface area contributed by atoms with Gasteiger partial charge in [-0.3, -0.25) is 4.40 Å². The molecule has 0 unspecified atom stereocenters. The minimum atomic E-state index is -0.0206. The van der Waals surface area contributed by atoms with E-state index in [2.05, 4.69) is 4.98 Å². The molecule has 2 aromatic heterocycles. The van der Waals surface area contributed by atoms with E-state index in [9.17, 15) is 5.11 Å². The van der Waals surface area contributed by atoms with Crippen molar-refractivity contribution >= 4 is 11.5 Å². The molecule has 3 N–H and O–H groups in total. The predicted octanol–water partition coefficient (Wildman–Crippen LogP) is 2.78. The number of ether oxygens (including phenoxy) is 1. The van der Waals surface area contributed by atoms with Gasteiger partial charge >= 0.3 is 0 Å². The summed E-state index contributed by atoms with van der Waals surface area (Å²) in [6.45, 7) is 4.53. The molecule has 3 aromatic rings. The maximum atomic E-state index is 9.25.